The second kappa shape index (κ2) is 5.35. The van der Waals surface area contributed by atoms with Crippen molar-refractivity contribution in [1.29, 1.82) is 0 Å². The summed E-state index contributed by atoms with van der Waals surface area (Å²) in [4.78, 5) is 22.6. The standard InChI is InChI=1S/C20H12N4O2/c25-24(26)19-11-22-7-5-13(19)16-9-17-20(14-4-2-1-3-12(14)16)15-6-8-21-10-18(15)23-17/h1-11,23H. The van der Waals surface area contributed by atoms with Gasteiger partial charge in [0, 0.05) is 28.7 Å². The van der Waals surface area contributed by atoms with Crippen LogP contribution in [0.4, 0.5) is 5.69 Å². The molecular formula is C20H12N4O2. The van der Waals surface area contributed by atoms with E-state index in [9.17, 15) is 10.1 Å². The number of nitrogens with one attached hydrogen (secondary N) is 1. The summed E-state index contributed by atoms with van der Waals surface area (Å²) in [5.41, 5.74) is 3.22. The Hall–Kier alpha value is -3.80. The number of nitrogens with zero attached hydrogens (tertiary/aromatic N) is 3. The third kappa shape index (κ3) is 1.99. The number of aromatic amines is 1. The number of hydrogen-bond donors (Lipinski definition) is 1. The molecule has 0 aliphatic carbocycles. The molecule has 0 radical (unpaired) electrons. The highest BCUT2D eigenvalue weighted by molar-refractivity contribution is 6.23. The van der Waals surface area contributed by atoms with Gasteiger partial charge in [-0.05, 0) is 34.5 Å². The van der Waals surface area contributed by atoms with Gasteiger partial charge in [-0.2, -0.15) is 0 Å². The van der Waals surface area contributed by atoms with Gasteiger partial charge in [0.25, 0.3) is 5.69 Å². The molecule has 5 aromatic rings. The van der Waals surface area contributed by atoms with Gasteiger partial charge < -0.3 is 4.98 Å². The van der Waals surface area contributed by atoms with Crippen LogP contribution in [0.3, 0.4) is 0 Å². The molecule has 3 aromatic heterocycles. The SMILES string of the molecule is O=[N+]([O-])c1cnccc1-c1cc2[nH]c3cnccc3c2c2ccccc12. The Labute approximate surface area is 147 Å². The number of hydrogen-bond acceptors (Lipinski definition) is 4. The molecular weight excluding hydrogens is 328 g/mol. The maximum absolute atomic E-state index is 11.5. The van der Waals surface area contributed by atoms with E-state index in [0.29, 0.717) is 5.56 Å². The number of fused-ring (bicyclic) bond motifs is 5. The first-order valence-electron chi connectivity index (χ1n) is 8.10. The highest BCUT2D eigenvalue weighted by Gasteiger charge is 2.19. The van der Waals surface area contributed by atoms with Gasteiger partial charge >= 0.3 is 0 Å². The summed E-state index contributed by atoms with van der Waals surface area (Å²) in [6, 6.07) is 13.6. The minimum absolute atomic E-state index is 0.00483. The molecule has 1 N–H and O–H groups in total. The minimum atomic E-state index is -0.392. The third-order valence-electron chi connectivity index (χ3n) is 4.69. The summed E-state index contributed by atoms with van der Waals surface area (Å²) in [7, 11) is 0. The number of nitro groups is 1. The molecule has 6 heteroatoms. The molecule has 0 fully saturated rings. The van der Waals surface area contributed by atoms with Gasteiger partial charge in [0.15, 0.2) is 0 Å². The molecule has 6 nitrogen and oxygen atoms in total. The summed E-state index contributed by atoms with van der Waals surface area (Å²) in [6.07, 6.45) is 6.44. The molecule has 0 amide bonds. The Kier molecular flexibility index (Phi) is 2.99. The molecule has 5 rings (SSSR count). The van der Waals surface area contributed by atoms with Crippen LogP contribution in [0.1, 0.15) is 0 Å². The van der Waals surface area contributed by atoms with Crippen LogP contribution in [0.25, 0.3) is 43.7 Å². The van der Waals surface area contributed by atoms with Crippen molar-refractivity contribution in [2.24, 2.45) is 0 Å². The fraction of sp³-hybridized carbons (Fsp3) is 0. The van der Waals surface area contributed by atoms with Gasteiger partial charge in [-0.1, -0.05) is 24.3 Å². The smallest absolute Gasteiger partial charge is 0.295 e. The summed E-state index contributed by atoms with van der Waals surface area (Å²) in [6.45, 7) is 0. The molecule has 0 saturated heterocycles. The van der Waals surface area contributed by atoms with Crippen molar-refractivity contribution < 1.29 is 4.92 Å². The molecule has 0 aliphatic heterocycles. The minimum Gasteiger partial charge on any atom is -0.353 e. The van der Waals surface area contributed by atoms with E-state index < -0.39 is 4.92 Å². The summed E-state index contributed by atoms with van der Waals surface area (Å²) >= 11 is 0. The maximum atomic E-state index is 11.5. The number of aromatic nitrogens is 3. The van der Waals surface area contributed by atoms with E-state index in [0.717, 1.165) is 38.1 Å². The van der Waals surface area contributed by atoms with E-state index in [1.165, 1.54) is 6.20 Å². The predicted octanol–water partition coefficient (Wildman–Crippen LogP) is 4.84. The first kappa shape index (κ1) is 14.5. The molecule has 0 unspecified atom stereocenters. The average molecular weight is 340 g/mol. The lowest BCUT2D eigenvalue weighted by molar-refractivity contribution is -0.384. The van der Waals surface area contributed by atoms with Gasteiger partial charge in [0.1, 0.15) is 6.20 Å². The molecule has 0 atom stereocenters. The van der Waals surface area contributed by atoms with Gasteiger partial charge in [0.2, 0.25) is 0 Å². The van der Waals surface area contributed by atoms with Crippen molar-refractivity contribution in [3.05, 3.63) is 77.4 Å². The average Bonchev–Trinajstić information content (AvgIpc) is 3.06. The molecule has 2 aromatic carbocycles. The van der Waals surface area contributed by atoms with Gasteiger partial charge in [-0.15, -0.1) is 0 Å². The highest BCUT2D eigenvalue weighted by atomic mass is 16.6. The quantitative estimate of drug-likeness (QED) is 0.368. The van der Waals surface area contributed by atoms with E-state index in [1.54, 1.807) is 24.7 Å². The Morgan fingerprint density at radius 2 is 1.62 bits per heavy atom. The van der Waals surface area contributed by atoms with Crippen LogP contribution < -0.4 is 0 Å². The van der Waals surface area contributed by atoms with Crippen molar-refractivity contribution in [1.82, 2.24) is 15.0 Å². The van der Waals surface area contributed by atoms with Crippen LogP contribution >= 0.6 is 0 Å². The fourth-order valence-corrected chi connectivity index (χ4v) is 3.60. The van der Waals surface area contributed by atoms with E-state index in [-0.39, 0.29) is 5.69 Å². The zero-order chi connectivity index (χ0) is 17.7. The van der Waals surface area contributed by atoms with Crippen LogP contribution in [0.2, 0.25) is 0 Å². The monoisotopic (exact) mass is 340 g/mol. The first-order valence-corrected chi connectivity index (χ1v) is 8.10. The number of rotatable bonds is 2. The van der Waals surface area contributed by atoms with Crippen molar-refractivity contribution in [3.8, 4) is 11.1 Å². The van der Waals surface area contributed by atoms with Crippen LogP contribution in [0, 0.1) is 10.1 Å². The first-order chi connectivity index (χ1) is 12.7. The Morgan fingerprint density at radius 3 is 2.46 bits per heavy atom. The topological polar surface area (TPSA) is 84.7 Å². The lowest BCUT2D eigenvalue weighted by Gasteiger charge is -2.09. The van der Waals surface area contributed by atoms with E-state index in [4.69, 9.17) is 0 Å². The van der Waals surface area contributed by atoms with Crippen LogP contribution in [-0.2, 0) is 0 Å². The van der Waals surface area contributed by atoms with Crippen molar-refractivity contribution >= 4 is 38.3 Å². The summed E-state index contributed by atoms with van der Waals surface area (Å²) in [5.74, 6) is 0. The summed E-state index contributed by atoms with van der Waals surface area (Å²) in [5, 5.41) is 15.7. The van der Waals surface area contributed by atoms with E-state index >= 15 is 0 Å². The van der Waals surface area contributed by atoms with Crippen LogP contribution in [0.15, 0.2) is 67.3 Å². The lowest BCUT2D eigenvalue weighted by Crippen LogP contribution is -1.93. The Bertz CT molecular complexity index is 1320. The molecule has 0 aliphatic rings. The third-order valence-corrected chi connectivity index (χ3v) is 4.69. The van der Waals surface area contributed by atoms with Gasteiger partial charge in [0.05, 0.1) is 22.2 Å². The van der Waals surface area contributed by atoms with Gasteiger partial charge in [-0.3, -0.25) is 20.1 Å². The molecule has 0 bridgehead atoms. The Balaban J connectivity index is 1.98. The summed E-state index contributed by atoms with van der Waals surface area (Å²) < 4.78 is 0. The van der Waals surface area contributed by atoms with Gasteiger partial charge in [-0.25, -0.2) is 0 Å². The maximum Gasteiger partial charge on any atom is 0.295 e. The molecule has 3 heterocycles. The molecule has 0 saturated carbocycles. The zero-order valence-electron chi connectivity index (χ0n) is 13.5. The largest absolute Gasteiger partial charge is 0.353 e. The fourth-order valence-electron chi connectivity index (χ4n) is 3.60. The number of benzene rings is 2. The van der Waals surface area contributed by atoms with E-state index in [2.05, 4.69) is 15.0 Å². The normalized spacial score (nSPS) is 11.4. The molecule has 26 heavy (non-hydrogen) atoms. The Morgan fingerprint density at radius 1 is 0.846 bits per heavy atom. The molecule has 124 valence electrons. The predicted molar refractivity (Wildman–Crippen MR) is 101 cm³/mol. The lowest BCUT2D eigenvalue weighted by atomic mass is 9.95. The highest BCUT2D eigenvalue weighted by Crippen LogP contribution is 2.40. The van der Waals surface area contributed by atoms with E-state index in [1.807, 2.05) is 36.4 Å². The van der Waals surface area contributed by atoms with Crippen LogP contribution in [0.5, 0.6) is 0 Å². The number of pyridine rings is 2. The zero-order valence-corrected chi connectivity index (χ0v) is 13.5. The second-order valence-electron chi connectivity index (χ2n) is 6.09. The van der Waals surface area contributed by atoms with Crippen molar-refractivity contribution in [2.75, 3.05) is 0 Å². The van der Waals surface area contributed by atoms with Crippen molar-refractivity contribution in [2.45, 2.75) is 0 Å². The molecule has 0 spiro atoms. The number of H-pyrrole nitrogens is 1. The van der Waals surface area contributed by atoms with Crippen molar-refractivity contribution in [3.63, 3.8) is 0 Å². The second-order valence-corrected chi connectivity index (χ2v) is 6.09. The van der Waals surface area contributed by atoms with Crippen LogP contribution in [-0.4, -0.2) is 19.9 Å².